The summed E-state index contributed by atoms with van der Waals surface area (Å²) in [4.78, 5) is 11.9. The third kappa shape index (κ3) is 3.57. The van der Waals surface area contributed by atoms with Crippen LogP contribution in [0.25, 0.3) is 0 Å². The van der Waals surface area contributed by atoms with E-state index in [0.29, 0.717) is 17.4 Å². The molecule has 0 fully saturated rings. The molecule has 3 nitrogen and oxygen atoms in total. The lowest BCUT2D eigenvalue weighted by atomic mass is 10.1. The molecule has 0 radical (unpaired) electrons. The van der Waals surface area contributed by atoms with Crippen LogP contribution in [-0.2, 0) is 6.42 Å². The van der Waals surface area contributed by atoms with Gasteiger partial charge in [0, 0.05) is 11.0 Å². The van der Waals surface area contributed by atoms with Gasteiger partial charge in [-0.2, -0.15) is 0 Å². The van der Waals surface area contributed by atoms with Gasteiger partial charge in [0.1, 0.15) is 11.6 Å². The summed E-state index contributed by atoms with van der Waals surface area (Å²) in [6.45, 7) is 0.393. The minimum absolute atomic E-state index is 0.0122. The normalized spacial score (nSPS) is 10.3. The fraction of sp³-hybridized carbons (Fsp3) is 0.133. The first-order valence-electron chi connectivity index (χ1n) is 6.08. The first-order valence-corrected chi connectivity index (χ1v) is 6.87. The number of benzene rings is 2. The zero-order valence-corrected chi connectivity index (χ0v) is 12.2. The predicted octanol–water partition coefficient (Wildman–Crippen LogP) is 3.27. The summed E-state index contributed by atoms with van der Waals surface area (Å²) in [6, 6.07) is 11.1. The van der Waals surface area contributed by atoms with Crippen molar-refractivity contribution in [2.24, 2.45) is 0 Å². The Morgan fingerprint density at radius 1 is 1.20 bits per heavy atom. The third-order valence-corrected chi connectivity index (χ3v) is 3.49. The number of nitrogens with one attached hydrogen (secondary N) is 1. The van der Waals surface area contributed by atoms with Gasteiger partial charge in [0.05, 0.1) is 5.56 Å². The molecule has 2 aromatic rings. The highest BCUT2D eigenvalue weighted by Gasteiger charge is 2.14. The van der Waals surface area contributed by atoms with Crippen LogP contribution in [0.1, 0.15) is 15.9 Å². The Hall–Kier alpha value is -1.88. The second-order valence-corrected chi connectivity index (χ2v) is 5.12. The fourth-order valence-corrected chi connectivity index (χ4v) is 2.31. The second-order valence-electron chi connectivity index (χ2n) is 4.27. The van der Waals surface area contributed by atoms with Gasteiger partial charge < -0.3 is 10.4 Å². The van der Waals surface area contributed by atoms with Crippen molar-refractivity contribution in [3.63, 3.8) is 0 Å². The highest BCUT2D eigenvalue weighted by atomic mass is 79.9. The van der Waals surface area contributed by atoms with Gasteiger partial charge in [-0.1, -0.05) is 18.2 Å². The van der Waals surface area contributed by atoms with Gasteiger partial charge in [-0.25, -0.2) is 4.39 Å². The average Bonchev–Trinajstić information content (AvgIpc) is 2.41. The van der Waals surface area contributed by atoms with Crippen LogP contribution < -0.4 is 5.32 Å². The van der Waals surface area contributed by atoms with Gasteiger partial charge in [-0.05, 0) is 52.2 Å². The molecule has 0 bridgehead atoms. The second kappa shape index (κ2) is 6.52. The average molecular weight is 338 g/mol. The molecule has 0 heterocycles. The molecule has 0 atom stereocenters. The maximum atomic E-state index is 13.6. The van der Waals surface area contributed by atoms with Crippen LogP contribution in [0.2, 0.25) is 0 Å². The molecule has 5 heteroatoms. The van der Waals surface area contributed by atoms with Crippen LogP contribution >= 0.6 is 15.9 Å². The van der Waals surface area contributed by atoms with E-state index >= 15 is 0 Å². The Balaban J connectivity index is 1.94. The summed E-state index contributed by atoms with van der Waals surface area (Å²) in [5, 5.41) is 11.8. The molecule has 0 aliphatic rings. The Labute approximate surface area is 124 Å². The Morgan fingerprint density at radius 3 is 2.55 bits per heavy atom. The maximum absolute atomic E-state index is 13.6. The minimum atomic E-state index is -0.554. The smallest absolute Gasteiger partial charge is 0.255 e. The number of hydrogen-bond acceptors (Lipinski definition) is 2. The van der Waals surface area contributed by atoms with Gasteiger partial charge >= 0.3 is 0 Å². The van der Waals surface area contributed by atoms with E-state index in [4.69, 9.17) is 5.11 Å². The highest BCUT2D eigenvalue weighted by Crippen LogP contribution is 2.19. The van der Waals surface area contributed by atoms with Crippen LogP contribution in [-0.4, -0.2) is 17.6 Å². The van der Waals surface area contributed by atoms with Crippen molar-refractivity contribution in [3.8, 4) is 5.75 Å². The van der Waals surface area contributed by atoms with Crippen LogP contribution in [0.3, 0.4) is 0 Å². The quantitative estimate of drug-likeness (QED) is 0.899. The van der Waals surface area contributed by atoms with E-state index in [2.05, 4.69) is 21.2 Å². The molecule has 0 saturated heterocycles. The van der Waals surface area contributed by atoms with E-state index in [1.54, 1.807) is 30.3 Å². The van der Waals surface area contributed by atoms with Gasteiger partial charge in [0.15, 0.2) is 0 Å². The zero-order chi connectivity index (χ0) is 14.5. The first-order chi connectivity index (χ1) is 9.58. The molecule has 0 aromatic heterocycles. The summed E-state index contributed by atoms with van der Waals surface area (Å²) >= 11 is 3.16. The van der Waals surface area contributed by atoms with Crippen LogP contribution in [0.15, 0.2) is 46.9 Å². The predicted molar refractivity (Wildman–Crippen MR) is 78.2 cm³/mol. The maximum Gasteiger partial charge on any atom is 0.255 e. The lowest BCUT2D eigenvalue weighted by Gasteiger charge is -2.08. The number of phenols is 1. The molecule has 104 valence electrons. The van der Waals surface area contributed by atoms with Gasteiger partial charge in [0.25, 0.3) is 5.91 Å². The lowest BCUT2D eigenvalue weighted by Crippen LogP contribution is -2.26. The molecular formula is C15H13BrFNO2. The van der Waals surface area contributed by atoms with Crippen molar-refractivity contribution in [2.75, 3.05) is 6.54 Å². The van der Waals surface area contributed by atoms with Crippen LogP contribution in [0.4, 0.5) is 4.39 Å². The molecule has 2 aromatic carbocycles. The minimum Gasteiger partial charge on any atom is -0.508 e. The van der Waals surface area contributed by atoms with E-state index in [1.807, 2.05) is 0 Å². The number of rotatable bonds is 4. The fourth-order valence-electron chi connectivity index (χ4n) is 1.79. The van der Waals surface area contributed by atoms with E-state index in [0.717, 1.165) is 5.56 Å². The molecule has 2 rings (SSSR count). The summed E-state index contributed by atoms with van der Waals surface area (Å²) in [5.74, 6) is -0.802. The number of hydrogen-bond donors (Lipinski definition) is 2. The van der Waals surface area contributed by atoms with Crippen molar-refractivity contribution < 1.29 is 14.3 Å². The molecule has 0 saturated carbocycles. The highest BCUT2D eigenvalue weighted by molar-refractivity contribution is 9.10. The number of phenolic OH excluding ortho intramolecular Hbond substituents is 1. The van der Waals surface area contributed by atoms with Gasteiger partial charge in [0.2, 0.25) is 0 Å². The summed E-state index contributed by atoms with van der Waals surface area (Å²) in [7, 11) is 0. The van der Waals surface area contributed by atoms with Crippen molar-refractivity contribution in [3.05, 3.63) is 63.9 Å². The molecule has 1 amide bonds. The standard InChI is InChI=1S/C15H13BrFNO2/c16-12-2-1-3-13(17)14(12)15(20)18-9-8-10-4-6-11(19)7-5-10/h1-7,19H,8-9H2,(H,18,20). The van der Waals surface area contributed by atoms with Crippen molar-refractivity contribution in [2.45, 2.75) is 6.42 Å². The monoisotopic (exact) mass is 337 g/mol. The lowest BCUT2D eigenvalue weighted by molar-refractivity contribution is 0.0949. The number of halogens is 2. The SMILES string of the molecule is O=C(NCCc1ccc(O)cc1)c1c(F)cccc1Br. The van der Waals surface area contributed by atoms with E-state index in [-0.39, 0.29) is 11.3 Å². The van der Waals surface area contributed by atoms with Crippen LogP contribution in [0, 0.1) is 5.82 Å². The van der Waals surface area contributed by atoms with Crippen molar-refractivity contribution in [1.29, 1.82) is 0 Å². The molecule has 0 aliphatic heterocycles. The topological polar surface area (TPSA) is 49.3 Å². The molecule has 2 N–H and O–H groups in total. The molecular weight excluding hydrogens is 325 g/mol. The molecule has 0 aliphatic carbocycles. The van der Waals surface area contributed by atoms with E-state index in [9.17, 15) is 9.18 Å². The summed E-state index contributed by atoms with van der Waals surface area (Å²) in [5.41, 5.74) is 0.994. The summed E-state index contributed by atoms with van der Waals surface area (Å²) in [6.07, 6.45) is 0.609. The van der Waals surface area contributed by atoms with Gasteiger partial charge in [-0.15, -0.1) is 0 Å². The van der Waals surface area contributed by atoms with Crippen molar-refractivity contribution in [1.82, 2.24) is 5.32 Å². The number of carbonyl (C=O) groups is 1. The number of aromatic hydroxyl groups is 1. The van der Waals surface area contributed by atoms with Gasteiger partial charge in [-0.3, -0.25) is 4.79 Å². The largest absolute Gasteiger partial charge is 0.508 e. The zero-order valence-electron chi connectivity index (χ0n) is 10.6. The number of amides is 1. The van der Waals surface area contributed by atoms with Crippen molar-refractivity contribution >= 4 is 21.8 Å². The molecule has 20 heavy (non-hydrogen) atoms. The van der Waals surface area contributed by atoms with E-state index in [1.165, 1.54) is 12.1 Å². The number of carbonyl (C=O) groups excluding carboxylic acids is 1. The summed E-state index contributed by atoms with van der Waals surface area (Å²) < 4.78 is 14.0. The molecule has 0 spiro atoms. The Bertz CT molecular complexity index is 594. The third-order valence-electron chi connectivity index (χ3n) is 2.83. The first kappa shape index (κ1) is 14.5. The van der Waals surface area contributed by atoms with Crippen LogP contribution in [0.5, 0.6) is 5.75 Å². The molecule has 0 unspecified atom stereocenters. The van der Waals surface area contributed by atoms with E-state index < -0.39 is 11.7 Å². The Kier molecular flexibility index (Phi) is 4.74. The Morgan fingerprint density at radius 2 is 1.90 bits per heavy atom.